The van der Waals surface area contributed by atoms with Gasteiger partial charge in [-0.2, -0.15) is 0 Å². The summed E-state index contributed by atoms with van der Waals surface area (Å²) in [6.45, 7) is 15.0. The maximum Gasteiger partial charge on any atom is 0.123 e. The van der Waals surface area contributed by atoms with E-state index >= 15 is 0 Å². The van der Waals surface area contributed by atoms with Crippen molar-refractivity contribution in [2.75, 3.05) is 12.4 Å². The zero-order chi connectivity index (χ0) is 16.4. The van der Waals surface area contributed by atoms with Gasteiger partial charge in [-0.15, -0.1) is 11.8 Å². The molecule has 2 nitrogen and oxygen atoms in total. The van der Waals surface area contributed by atoms with Crippen LogP contribution in [-0.4, -0.2) is 22.6 Å². The second kappa shape index (κ2) is 6.62. The summed E-state index contributed by atoms with van der Waals surface area (Å²) in [6.07, 6.45) is 0. The number of thioether (sulfide) groups is 1. The van der Waals surface area contributed by atoms with Crippen LogP contribution < -0.4 is 0 Å². The lowest BCUT2D eigenvalue weighted by Crippen LogP contribution is -2.17. The first kappa shape index (κ1) is 18.4. The lowest BCUT2D eigenvalue weighted by atomic mass is 9.79. The van der Waals surface area contributed by atoms with Crippen LogP contribution in [0.4, 0.5) is 0 Å². The molecule has 1 aromatic carbocycles. The van der Waals surface area contributed by atoms with E-state index < -0.39 is 0 Å². The molecular formula is C18H30O2S. The molecule has 0 aliphatic rings. The van der Waals surface area contributed by atoms with Crippen molar-refractivity contribution in [2.45, 2.75) is 64.2 Å². The number of aromatic hydroxyl groups is 1. The molecule has 1 atom stereocenters. The first-order valence-electron chi connectivity index (χ1n) is 7.58. The van der Waals surface area contributed by atoms with E-state index in [4.69, 9.17) is 0 Å². The van der Waals surface area contributed by atoms with Crippen LogP contribution in [0.5, 0.6) is 5.75 Å². The second-order valence-electron chi connectivity index (χ2n) is 7.97. The highest BCUT2D eigenvalue weighted by atomic mass is 32.2. The zero-order valence-corrected chi connectivity index (χ0v) is 15.3. The highest BCUT2D eigenvalue weighted by molar-refractivity contribution is 7.99. The minimum absolute atomic E-state index is 0.0940. The number of rotatable bonds is 4. The number of phenols is 1. The van der Waals surface area contributed by atoms with Crippen molar-refractivity contribution in [3.05, 3.63) is 23.3 Å². The quantitative estimate of drug-likeness (QED) is 0.791. The van der Waals surface area contributed by atoms with E-state index in [2.05, 4.69) is 53.7 Å². The van der Waals surface area contributed by atoms with E-state index in [-0.39, 0.29) is 23.4 Å². The lowest BCUT2D eigenvalue weighted by molar-refractivity contribution is 0.250. The molecule has 0 aromatic heterocycles. The predicted molar refractivity (Wildman–Crippen MR) is 92.5 cm³/mol. The van der Waals surface area contributed by atoms with Crippen molar-refractivity contribution in [3.8, 4) is 5.75 Å². The van der Waals surface area contributed by atoms with Crippen molar-refractivity contribution in [2.24, 2.45) is 5.92 Å². The summed E-state index contributed by atoms with van der Waals surface area (Å²) < 4.78 is 0. The summed E-state index contributed by atoms with van der Waals surface area (Å²) in [5.74, 6) is 1.59. The molecule has 0 radical (unpaired) electrons. The summed E-state index contributed by atoms with van der Waals surface area (Å²) in [7, 11) is 0. The van der Waals surface area contributed by atoms with Gasteiger partial charge in [0.25, 0.3) is 0 Å². The summed E-state index contributed by atoms with van der Waals surface area (Å²) in [4.78, 5) is 1.17. The molecule has 0 aliphatic carbocycles. The standard InChI is InChI=1S/C18H30O2S/c1-12(10-19)11-21-13-8-14(17(2,3)4)16(20)15(9-13)18(5,6)7/h8-9,12,19-20H,10-11H2,1-7H3/t12-/m0/s1. The first-order chi connectivity index (χ1) is 9.46. The van der Waals surface area contributed by atoms with Gasteiger partial charge < -0.3 is 10.2 Å². The average Bonchev–Trinajstić information content (AvgIpc) is 2.34. The van der Waals surface area contributed by atoms with Gasteiger partial charge in [-0.05, 0) is 28.9 Å². The molecule has 1 rings (SSSR count). The maximum absolute atomic E-state index is 10.7. The Labute approximate surface area is 134 Å². The van der Waals surface area contributed by atoms with E-state index in [9.17, 15) is 10.2 Å². The summed E-state index contributed by atoms with van der Waals surface area (Å²) >= 11 is 1.75. The van der Waals surface area contributed by atoms with Crippen LogP contribution in [0.25, 0.3) is 0 Å². The van der Waals surface area contributed by atoms with Gasteiger partial charge in [0.2, 0.25) is 0 Å². The predicted octanol–water partition coefficient (Wildman–Crippen LogP) is 4.71. The van der Waals surface area contributed by atoms with Crippen molar-refractivity contribution < 1.29 is 10.2 Å². The number of hydrogen-bond acceptors (Lipinski definition) is 3. The molecule has 3 heteroatoms. The van der Waals surface area contributed by atoms with Gasteiger partial charge in [0, 0.05) is 28.4 Å². The third kappa shape index (κ3) is 4.93. The second-order valence-corrected chi connectivity index (χ2v) is 9.06. The molecule has 0 saturated carbocycles. The van der Waals surface area contributed by atoms with Crippen LogP contribution in [0, 0.1) is 5.92 Å². The summed E-state index contributed by atoms with van der Waals surface area (Å²) in [5, 5.41) is 19.8. The molecule has 0 spiro atoms. The van der Waals surface area contributed by atoms with Crippen LogP contribution >= 0.6 is 11.8 Å². The highest BCUT2D eigenvalue weighted by Crippen LogP contribution is 2.41. The summed E-state index contributed by atoms with van der Waals surface area (Å²) in [6, 6.07) is 4.19. The fraction of sp³-hybridized carbons (Fsp3) is 0.667. The van der Waals surface area contributed by atoms with Crippen LogP contribution in [0.15, 0.2) is 17.0 Å². The van der Waals surface area contributed by atoms with Crippen molar-refractivity contribution in [1.29, 1.82) is 0 Å². The number of benzene rings is 1. The molecule has 0 unspecified atom stereocenters. The molecule has 21 heavy (non-hydrogen) atoms. The Balaban J connectivity index is 3.27. The summed E-state index contributed by atoms with van der Waals surface area (Å²) in [5.41, 5.74) is 1.80. The van der Waals surface area contributed by atoms with Crippen molar-refractivity contribution in [3.63, 3.8) is 0 Å². The molecule has 0 bridgehead atoms. The Hall–Kier alpha value is -0.670. The Kier molecular flexibility index (Phi) is 5.79. The molecule has 120 valence electrons. The van der Waals surface area contributed by atoms with E-state index in [1.807, 2.05) is 6.92 Å². The molecule has 0 amide bonds. The SMILES string of the molecule is C[C@@H](CO)CSc1cc(C(C)(C)C)c(O)c(C(C)(C)C)c1. The molecule has 0 fully saturated rings. The Morgan fingerprint density at radius 3 is 1.76 bits per heavy atom. The van der Waals surface area contributed by atoms with E-state index in [1.165, 1.54) is 4.90 Å². The Morgan fingerprint density at radius 1 is 1.00 bits per heavy atom. The van der Waals surface area contributed by atoms with Crippen molar-refractivity contribution in [1.82, 2.24) is 0 Å². The maximum atomic E-state index is 10.7. The number of aliphatic hydroxyl groups is 1. The third-order valence-corrected chi connectivity index (χ3v) is 4.85. The molecule has 0 heterocycles. The van der Waals surface area contributed by atoms with Crippen molar-refractivity contribution >= 4 is 11.8 Å². The lowest BCUT2D eigenvalue weighted by Gasteiger charge is -2.28. The third-order valence-electron chi connectivity index (χ3n) is 3.55. The molecule has 0 aliphatic heterocycles. The topological polar surface area (TPSA) is 40.5 Å². The molecule has 2 N–H and O–H groups in total. The van der Waals surface area contributed by atoms with E-state index in [0.29, 0.717) is 5.75 Å². The molecule has 0 saturated heterocycles. The average molecular weight is 311 g/mol. The van der Waals surface area contributed by atoms with Crippen LogP contribution in [0.3, 0.4) is 0 Å². The minimum Gasteiger partial charge on any atom is -0.507 e. The minimum atomic E-state index is -0.0940. The normalized spacial score (nSPS) is 14.3. The Morgan fingerprint density at radius 2 is 1.43 bits per heavy atom. The van der Waals surface area contributed by atoms with Crippen LogP contribution in [-0.2, 0) is 10.8 Å². The van der Waals surface area contributed by atoms with Gasteiger partial charge >= 0.3 is 0 Å². The largest absolute Gasteiger partial charge is 0.507 e. The van der Waals surface area contributed by atoms with Gasteiger partial charge in [0.15, 0.2) is 0 Å². The van der Waals surface area contributed by atoms with Crippen LogP contribution in [0.1, 0.15) is 59.6 Å². The Bertz CT molecular complexity index is 446. The fourth-order valence-electron chi connectivity index (χ4n) is 2.13. The highest BCUT2D eigenvalue weighted by Gasteiger charge is 2.26. The van der Waals surface area contributed by atoms with Gasteiger partial charge in [0.05, 0.1) is 0 Å². The smallest absolute Gasteiger partial charge is 0.123 e. The van der Waals surface area contributed by atoms with Gasteiger partial charge in [-0.25, -0.2) is 0 Å². The zero-order valence-electron chi connectivity index (χ0n) is 14.4. The van der Waals surface area contributed by atoms with E-state index in [0.717, 1.165) is 16.9 Å². The van der Waals surface area contributed by atoms with Gasteiger partial charge in [-0.3, -0.25) is 0 Å². The monoisotopic (exact) mass is 310 g/mol. The number of hydrogen-bond donors (Lipinski definition) is 2. The van der Waals surface area contributed by atoms with Gasteiger partial charge in [-0.1, -0.05) is 48.5 Å². The van der Waals surface area contributed by atoms with Gasteiger partial charge in [0.1, 0.15) is 5.75 Å². The number of aliphatic hydroxyl groups excluding tert-OH is 1. The fourth-order valence-corrected chi connectivity index (χ4v) is 3.11. The number of phenolic OH excluding ortho intramolecular Hbond substituents is 1. The molecule has 1 aromatic rings. The van der Waals surface area contributed by atoms with Crippen LogP contribution in [0.2, 0.25) is 0 Å². The van der Waals surface area contributed by atoms with E-state index in [1.54, 1.807) is 11.8 Å². The first-order valence-corrected chi connectivity index (χ1v) is 8.57. The molecular weight excluding hydrogens is 280 g/mol.